The van der Waals surface area contributed by atoms with Crippen molar-refractivity contribution in [1.29, 1.82) is 0 Å². The fourth-order valence-corrected chi connectivity index (χ4v) is 2.14. The minimum absolute atomic E-state index is 0.231. The standard InChI is InChI=1S/C15H17FN4/c1-9-7-11(16)5-6-12(9)18-14-8-13(10-3-4-10)19-15(17-2)20-14/h5-8,10H,3-4H2,1-2H3,(H2,17,18,19,20). The number of rotatable bonds is 4. The molecule has 0 atom stereocenters. The van der Waals surface area contributed by atoms with E-state index in [1.54, 1.807) is 13.1 Å². The van der Waals surface area contributed by atoms with Gasteiger partial charge in [0.05, 0.1) is 5.69 Å². The van der Waals surface area contributed by atoms with E-state index in [1.807, 2.05) is 13.0 Å². The second kappa shape index (κ2) is 5.07. The maximum Gasteiger partial charge on any atom is 0.224 e. The molecule has 5 heteroatoms. The average molecular weight is 272 g/mol. The molecule has 1 fully saturated rings. The largest absolute Gasteiger partial charge is 0.357 e. The van der Waals surface area contributed by atoms with E-state index in [9.17, 15) is 4.39 Å². The highest BCUT2D eigenvalue weighted by Crippen LogP contribution is 2.40. The molecule has 0 saturated heterocycles. The van der Waals surface area contributed by atoms with Crippen molar-refractivity contribution in [3.05, 3.63) is 41.3 Å². The molecule has 3 rings (SSSR count). The highest BCUT2D eigenvalue weighted by atomic mass is 19.1. The Morgan fingerprint density at radius 3 is 2.65 bits per heavy atom. The van der Waals surface area contributed by atoms with Crippen LogP contribution in [-0.4, -0.2) is 17.0 Å². The summed E-state index contributed by atoms with van der Waals surface area (Å²) >= 11 is 0. The molecule has 1 aliphatic rings. The molecule has 1 aromatic heterocycles. The van der Waals surface area contributed by atoms with Gasteiger partial charge in [-0.25, -0.2) is 9.37 Å². The van der Waals surface area contributed by atoms with E-state index in [-0.39, 0.29) is 5.82 Å². The van der Waals surface area contributed by atoms with Crippen LogP contribution < -0.4 is 10.6 Å². The summed E-state index contributed by atoms with van der Waals surface area (Å²) in [5.74, 6) is 1.67. The second-order valence-corrected chi connectivity index (χ2v) is 5.11. The minimum atomic E-state index is -0.231. The van der Waals surface area contributed by atoms with Crippen molar-refractivity contribution in [3.8, 4) is 0 Å². The number of halogens is 1. The molecule has 0 amide bonds. The van der Waals surface area contributed by atoms with Crippen molar-refractivity contribution >= 4 is 17.5 Å². The summed E-state index contributed by atoms with van der Waals surface area (Å²) in [5, 5.41) is 6.22. The highest BCUT2D eigenvalue weighted by molar-refractivity contribution is 5.61. The van der Waals surface area contributed by atoms with Crippen LogP contribution in [0.2, 0.25) is 0 Å². The lowest BCUT2D eigenvalue weighted by atomic mass is 10.2. The van der Waals surface area contributed by atoms with Gasteiger partial charge in [-0.1, -0.05) is 0 Å². The zero-order chi connectivity index (χ0) is 14.1. The summed E-state index contributed by atoms with van der Waals surface area (Å²) in [4.78, 5) is 8.86. The van der Waals surface area contributed by atoms with Crippen molar-refractivity contribution in [2.45, 2.75) is 25.7 Å². The van der Waals surface area contributed by atoms with Gasteiger partial charge in [0.25, 0.3) is 0 Å². The van der Waals surface area contributed by atoms with Crippen molar-refractivity contribution in [1.82, 2.24) is 9.97 Å². The first-order valence-electron chi connectivity index (χ1n) is 6.75. The van der Waals surface area contributed by atoms with Crippen molar-refractivity contribution < 1.29 is 4.39 Å². The lowest BCUT2D eigenvalue weighted by Gasteiger charge is -2.11. The van der Waals surface area contributed by atoms with Crippen LogP contribution in [-0.2, 0) is 0 Å². The lowest BCUT2D eigenvalue weighted by Crippen LogP contribution is -2.04. The van der Waals surface area contributed by atoms with Gasteiger partial charge in [0.2, 0.25) is 5.95 Å². The first-order valence-corrected chi connectivity index (χ1v) is 6.75. The number of anilines is 3. The molecular formula is C15H17FN4. The molecule has 2 N–H and O–H groups in total. The maximum atomic E-state index is 13.1. The van der Waals surface area contributed by atoms with Crippen molar-refractivity contribution in [2.75, 3.05) is 17.7 Å². The van der Waals surface area contributed by atoms with Crippen LogP contribution in [0.3, 0.4) is 0 Å². The summed E-state index contributed by atoms with van der Waals surface area (Å²) in [6, 6.07) is 6.64. The molecular weight excluding hydrogens is 255 g/mol. The third-order valence-corrected chi connectivity index (χ3v) is 3.42. The van der Waals surface area contributed by atoms with Gasteiger partial charge in [0.1, 0.15) is 11.6 Å². The normalized spacial score (nSPS) is 14.2. The number of hydrogen-bond acceptors (Lipinski definition) is 4. The Morgan fingerprint density at radius 2 is 2.00 bits per heavy atom. The molecule has 1 heterocycles. The number of benzene rings is 1. The molecule has 2 aromatic rings. The van der Waals surface area contributed by atoms with Gasteiger partial charge >= 0.3 is 0 Å². The van der Waals surface area contributed by atoms with Gasteiger partial charge in [-0.15, -0.1) is 0 Å². The predicted octanol–water partition coefficient (Wildman–Crippen LogP) is 3.59. The number of aromatic nitrogens is 2. The Labute approximate surface area is 117 Å². The van der Waals surface area contributed by atoms with Gasteiger partial charge in [-0.3, -0.25) is 0 Å². The summed E-state index contributed by atoms with van der Waals surface area (Å²) in [5.41, 5.74) is 2.77. The molecule has 104 valence electrons. The van der Waals surface area contributed by atoms with E-state index in [1.165, 1.54) is 25.0 Å². The van der Waals surface area contributed by atoms with Crippen LogP contribution in [0.15, 0.2) is 24.3 Å². The van der Waals surface area contributed by atoms with Crippen LogP contribution in [0, 0.1) is 12.7 Å². The number of aryl methyl sites for hydroxylation is 1. The number of nitrogens with zero attached hydrogens (tertiary/aromatic N) is 2. The molecule has 0 radical (unpaired) electrons. The second-order valence-electron chi connectivity index (χ2n) is 5.11. The maximum absolute atomic E-state index is 13.1. The Balaban J connectivity index is 1.91. The highest BCUT2D eigenvalue weighted by Gasteiger charge is 2.26. The van der Waals surface area contributed by atoms with Crippen LogP contribution in [0.1, 0.15) is 30.0 Å². The summed E-state index contributed by atoms with van der Waals surface area (Å²) in [6.45, 7) is 1.87. The number of nitrogens with one attached hydrogen (secondary N) is 2. The van der Waals surface area contributed by atoms with Gasteiger partial charge in [0.15, 0.2) is 0 Å². The molecule has 1 saturated carbocycles. The Bertz CT molecular complexity index is 638. The van der Waals surface area contributed by atoms with Crippen molar-refractivity contribution in [3.63, 3.8) is 0 Å². The monoisotopic (exact) mass is 272 g/mol. The molecule has 0 unspecified atom stereocenters. The fraction of sp³-hybridized carbons (Fsp3) is 0.333. The van der Waals surface area contributed by atoms with Crippen LogP contribution in [0.5, 0.6) is 0 Å². The lowest BCUT2D eigenvalue weighted by molar-refractivity contribution is 0.627. The molecule has 20 heavy (non-hydrogen) atoms. The van der Waals surface area contributed by atoms with Gasteiger partial charge in [-0.05, 0) is 43.5 Å². The summed E-state index contributed by atoms with van der Waals surface area (Å²) in [6.07, 6.45) is 2.38. The Kier molecular flexibility index (Phi) is 3.26. The van der Waals surface area contributed by atoms with E-state index >= 15 is 0 Å². The number of hydrogen-bond donors (Lipinski definition) is 2. The smallest absolute Gasteiger partial charge is 0.224 e. The first-order chi connectivity index (χ1) is 9.65. The minimum Gasteiger partial charge on any atom is -0.357 e. The van der Waals surface area contributed by atoms with Crippen LogP contribution >= 0.6 is 0 Å². The van der Waals surface area contributed by atoms with Gasteiger partial charge in [-0.2, -0.15) is 4.98 Å². The van der Waals surface area contributed by atoms with Crippen LogP contribution in [0.4, 0.5) is 21.8 Å². The van der Waals surface area contributed by atoms with Crippen molar-refractivity contribution in [2.24, 2.45) is 0 Å². The molecule has 0 spiro atoms. The summed E-state index contributed by atoms with van der Waals surface area (Å²) in [7, 11) is 1.80. The Hall–Kier alpha value is -2.17. The van der Waals surface area contributed by atoms with E-state index in [2.05, 4.69) is 20.6 Å². The SMILES string of the molecule is CNc1nc(Nc2ccc(F)cc2C)cc(C2CC2)n1. The molecule has 0 bridgehead atoms. The topological polar surface area (TPSA) is 49.8 Å². The molecule has 4 nitrogen and oxygen atoms in total. The van der Waals surface area contributed by atoms with E-state index < -0.39 is 0 Å². The average Bonchev–Trinajstić information content (AvgIpc) is 3.26. The first kappa shape index (κ1) is 12.8. The van der Waals surface area contributed by atoms with Gasteiger partial charge in [0, 0.05) is 24.7 Å². The zero-order valence-electron chi connectivity index (χ0n) is 11.6. The molecule has 0 aliphatic heterocycles. The predicted molar refractivity (Wildman–Crippen MR) is 78.0 cm³/mol. The molecule has 1 aliphatic carbocycles. The van der Waals surface area contributed by atoms with E-state index in [0.717, 1.165) is 22.8 Å². The Morgan fingerprint density at radius 1 is 1.20 bits per heavy atom. The quantitative estimate of drug-likeness (QED) is 0.893. The summed E-state index contributed by atoms with van der Waals surface area (Å²) < 4.78 is 13.1. The molecule has 1 aromatic carbocycles. The zero-order valence-corrected chi connectivity index (χ0v) is 11.6. The third kappa shape index (κ3) is 2.71. The third-order valence-electron chi connectivity index (χ3n) is 3.42. The van der Waals surface area contributed by atoms with Gasteiger partial charge < -0.3 is 10.6 Å². The van der Waals surface area contributed by atoms with Crippen LogP contribution in [0.25, 0.3) is 0 Å². The van der Waals surface area contributed by atoms with E-state index in [0.29, 0.717) is 11.9 Å². The fourth-order valence-electron chi connectivity index (χ4n) is 2.14. The van der Waals surface area contributed by atoms with E-state index in [4.69, 9.17) is 0 Å².